The molecule has 1 atom stereocenters. The Labute approximate surface area is 280 Å². The van der Waals surface area contributed by atoms with Crippen LogP contribution in [0.1, 0.15) is 41.5 Å². The van der Waals surface area contributed by atoms with Crippen molar-refractivity contribution in [2.75, 3.05) is 19.9 Å². The first-order chi connectivity index (χ1) is 23.3. The standard InChI is InChI=1S/C37H38FN3O6S/c38-31-14-8-29(9-15-31)25-41(36(42)19-13-27-10-16-32(17-11-27)48(44,45)40-20-4-5-21-40)33(22-28-6-2-1-3-7-28)37(43)39-24-30-12-18-34-35(23-30)47-26-46-34/h1-3,6-12,14-18,23,33H,4-5,13,19-22,24-26H2,(H,39,43)/t33-/m0/s1. The second kappa shape index (κ2) is 15.0. The fourth-order valence-electron chi connectivity index (χ4n) is 6.00. The van der Waals surface area contributed by atoms with E-state index in [1.807, 2.05) is 42.5 Å². The lowest BCUT2D eigenvalue weighted by molar-refractivity contribution is -0.141. The molecule has 2 amide bonds. The lowest BCUT2D eigenvalue weighted by atomic mass is 10.0. The Balaban J connectivity index is 1.21. The molecular formula is C37H38FN3O6S. The van der Waals surface area contributed by atoms with E-state index >= 15 is 0 Å². The van der Waals surface area contributed by atoms with Crippen molar-refractivity contribution in [1.29, 1.82) is 0 Å². The summed E-state index contributed by atoms with van der Waals surface area (Å²) in [6.45, 7) is 1.51. The first-order valence-electron chi connectivity index (χ1n) is 16.1. The van der Waals surface area contributed by atoms with Gasteiger partial charge in [0.05, 0.1) is 4.90 Å². The van der Waals surface area contributed by atoms with E-state index in [4.69, 9.17) is 9.47 Å². The summed E-state index contributed by atoms with van der Waals surface area (Å²) in [6.07, 6.45) is 2.41. The number of nitrogens with zero attached hydrogens (tertiary/aromatic N) is 2. The van der Waals surface area contributed by atoms with Crippen LogP contribution in [-0.2, 0) is 45.5 Å². The van der Waals surface area contributed by atoms with Crippen molar-refractivity contribution < 1.29 is 31.9 Å². The van der Waals surface area contributed by atoms with Gasteiger partial charge in [0.1, 0.15) is 11.9 Å². The van der Waals surface area contributed by atoms with E-state index in [-0.39, 0.29) is 49.4 Å². The molecule has 11 heteroatoms. The second-order valence-electron chi connectivity index (χ2n) is 12.0. The molecule has 2 aliphatic rings. The van der Waals surface area contributed by atoms with Gasteiger partial charge in [-0.15, -0.1) is 0 Å². The number of amides is 2. The molecule has 0 bridgehead atoms. The Kier molecular flexibility index (Phi) is 10.4. The van der Waals surface area contributed by atoms with Crippen LogP contribution in [0.15, 0.2) is 102 Å². The summed E-state index contributed by atoms with van der Waals surface area (Å²) in [7, 11) is -3.54. The van der Waals surface area contributed by atoms with Gasteiger partial charge in [-0.3, -0.25) is 9.59 Å². The fourth-order valence-corrected chi connectivity index (χ4v) is 7.52. The van der Waals surface area contributed by atoms with Crippen LogP contribution < -0.4 is 14.8 Å². The van der Waals surface area contributed by atoms with Gasteiger partial charge >= 0.3 is 0 Å². The summed E-state index contributed by atoms with van der Waals surface area (Å²) in [6, 6.07) is 26.6. The summed E-state index contributed by atoms with van der Waals surface area (Å²) in [4.78, 5) is 29.8. The Morgan fingerprint density at radius 2 is 1.48 bits per heavy atom. The molecule has 0 aromatic heterocycles. The quantitative estimate of drug-likeness (QED) is 0.209. The number of carbonyl (C=O) groups excluding carboxylic acids is 2. The molecule has 2 heterocycles. The van der Waals surface area contributed by atoms with Gasteiger partial charge in [-0.1, -0.05) is 60.7 Å². The van der Waals surface area contributed by atoms with Gasteiger partial charge in [-0.25, -0.2) is 12.8 Å². The Hall–Kier alpha value is -4.74. The fraction of sp³-hybridized carbons (Fsp3) is 0.297. The van der Waals surface area contributed by atoms with E-state index in [2.05, 4.69) is 5.32 Å². The Morgan fingerprint density at radius 1 is 0.812 bits per heavy atom. The van der Waals surface area contributed by atoms with Crippen LogP contribution in [0.3, 0.4) is 0 Å². The number of carbonyl (C=O) groups is 2. The minimum absolute atomic E-state index is 0.0835. The number of sulfonamides is 1. The number of ether oxygens (including phenoxy) is 2. The summed E-state index contributed by atoms with van der Waals surface area (Å²) in [5, 5.41) is 3.01. The van der Waals surface area contributed by atoms with Gasteiger partial charge in [0.15, 0.2) is 11.5 Å². The van der Waals surface area contributed by atoms with Crippen LogP contribution in [0, 0.1) is 5.82 Å². The molecule has 250 valence electrons. The van der Waals surface area contributed by atoms with Gasteiger partial charge in [0, 0.05) is 39.0 Å². The minimum atomic E-state index is -3.54. The number of halogens is 1. The number of fused-ring (bicyclic) bond motifs is 1. The third-order valence-corrected chi connectivity index (χ3v) is 10.6. The molecule has 9 nitrogen and oxygen atoms in total. The molecule has 0 radical (unpaired) electrons. The zero-order valence-electron chi connectivity index (χ0n) is 26.5. The highest BCUT2D eigenvalue weighted by atomic mass is 32.2. The molecule has 2 aliphatic heterocycles. The third-order valence-electron chi connectivity index (χ3n) is 8.69. The lowest BCUT2D eigenvalue weighted by Gasteiger charge is -2.32. The number of rotatable bonds is 13. The average Bonchev–Trinajstić information content (AvgIpc) is 3.83. The lowest BCUT2D eigenvalue weighted by Crippen LogP contribution is -2.50. The van der Waals surface area contributed by atoms with Gasteiger partial charge in [-0.05, 0) is 77.9 Å². The maximum Gasteiger partial charge on any atom is 0.243 e. The molecule has 0 unspecified atom stereocenters. The van der Waals surface area contributed by atoms with Crippen molar-refractivity contribution in [3.8, 4) is 11.5 Å². The minimum Gasteiger partial charge on any atom is -0.454 e. The van der Waals surface area contributed by atoms with Crippen LogP contribution in [0.2, 0.25) is 0 Å². The van der Waals surface area contributed by atoms with E-state index in [0.29, 0.717) is 36.6 Å². The summed E-state index contributed by atoms with van der Waals surface area (Å²) >= 11 is 0. The van der Waals surface area contributed by atoms with Crippen molar-refractivity contribution >= 4 is 21.8 Å². The van der Waals surface area contributed by atoms with E-state index < -0.39 is 21.9 Å². The van der Waals surface area contributed by atoms with Crippen molar-refractivity contribution in [2.24, 2.45) is 0 Å². The molecule has 1 saturated heterocycles. The van der Waals surface area contributed by atoms with E-state index in [0.717, 1.165) is 29.5 Å². The van der Waals surface area contributed by atoms with Crippen LogP contribution in [0.4, 0.5) is 4.39 Å². The predicted octanol–water partition coefficient (Wildman–Crippen LogP) is 5.23. The number of hydrogen-bond donors (Lipinski definition) is 1. The van der Waals surface area contributed by atoms with Gasteiger partial charge in [-0.2, -0.15) is 4.31 Å². The van der Waals surface area contributed by atoms with Gasteiger partial charge < -0.3 is 19.7 Å². The van der Waals surface area contributed by atoms with Crippen LogP contribution in [-0.4, -0.2) is 55.4 Å². The zero-order chi connectivity index (χ0) is 33.5. The Morgan fingerprint density at radius 3 is 2.21 bits per heavy atom. The highest BCUT2D eigenvalue weighted by molar-refractivity contribution is 7.89. The smallest absolute Gasteiger partial charge is 0.243 e. The summed E-state index contributed by atoms with van der Waals surface area (Å²) < 4.78 is 52.1. The third kappa shape index (κ3) is 8.03. The topological polar surface area (TPSA) is 105 Å². The predicted molar refractivity (Wildman–Crippen MR) is 178 cm³/mol. The summed E-state index contributed by atoms with van der Waals surface area (Å²) in [5.41, 5.74) is 3.19. The monoisotopic (exact) mass is 671 g/mol. The van der Waals surface area contributed by atoms with E-state index in [1.54, 1.807) is 47.4 Å². The number of benzene rings is 4. The molecule has 0 aliphatic carbocycles. The molecule has 4 aromatic carbocycles. The normalized spacial score (nSPS) is 14.9. The maximum absolute atomic E-state index is 14.1. The second-order valence-corrected chi connectivity index (χ2v) is 14.0. The van der Waals surface area contributed by atoms with Crippen LogP contribution in [0.25, 0.3) is 0 Å². The number of aryl methyl sites for hydroxylation is 1. The van der Waals surface area contributed by atoms with Gasteiger partial charge in [0.2, 0.25) is 28.6 Å². The SMILES string of the molecule is O=C(NCc1ccc2c(c1)OCO2)[C@H](Cc1ccccc1)N(Cc1ccc(F)cc1)C(=O)CCc1ccc(S(=O)(=O)N2CCCC2)cc1. The molecule has 0 saturated carbocycles. The first kappa shape index (κ1) is 33.2. The highest BCUT2D eigenvalue weighted by Crippen LogP contribution is 2.32. The van der Waals surface area contributed by atoms with E-state index in [9.17, 15) is 22.4 Å². The average molecular weight is 672 g/mol. The number of hydrogen-bond acceptors (Lipinski definition) is 6. The molecule has 6 rings (SSSR count). The van der Waals surface area contributed by atoms with Crippen molar-refractivity contribution in [3.63, 3.8) is 0 Å². The molecule has 1 N–H and O–H groups in total. The number of nitrogens with one attached hydrogen (secondary N) is 1. The largest absolute Gasteiger partial charge is 0.454 e. The van der Waals surface area contributed by atoms with Crippen LogP contribution >= 0.6 is 0 Å². The van der Waals surface area contributed by atoms with Crippen molar-refractivity contribution in [2.45, 2.75) is 56.1 Å². The highest BCUT2D eigenvalue weighted by Gasteiger charge is 2.31. The van der Waals surface area contributed by atoms with E-state index in [1.165, 1.54) is 16.4 Å². The van der Waals surface area contributed by atoms with Crippen molar-refractivity contribution in [1.82, 2.24) is 14.5 Å². The van der Waals surface area contributed by atoms with Crippen molar-refractivity contribution in [3.05, 3.63) is 125 Å². The molecule has 4 aromatic rings. The molecule has 0 spiro atoms. The maximum atomic E-state index is 14.1. The summed E-state index contributed by atoms with van der Waals surface area (Å²) in [5.74, 6) is 0.271. The molecule has 48 heavy (non-hydrogen) atoms. The first-order valence-corrected chi connectivity index (χ1v) is 17.5. The van der Waals surface area contributed by atoms with Gasteiger partial charge in [0.25, 0.3) is 0 Å². The zero-order valence-corrected chi connectivity index (χ0v) is 27.3. The Bertz CT molecular complexity index is 1830. The van der Waals surface area contributed by atoms with Crippen LogP contribution in [0.5, 0.6) is 11.5 Å². The molecular weight excluding hydrogens is 633 g/mol. The molecule has 1 fully saturated rings.